The lowest BCUT2D eigenvalue weighted by Crippen LogP contribution is -2.29. The molecule has 0 bridgehead atoms. The van der Waals surface area contributed by atoms with E-state index in [-0.39, 0.29) is 5.82 Å². The highest BCUT2D eigenvalue weighted by Gasteiger charge is 2.35. The predicted octanol–water partition coefficient (Wildman–Crippen LogP) is 3.44. The summed E-state index contributed by atoms with van der Waals surface area (Å²) in [6, 6.07) is 10.8. The second-order valence-electron chi connectivity index (χ2n) is 8.70. The second kappa shape index (κ2) is 11.2. The van der Waals surface area contributed by atoms with Gasteiger partial charge in [0.1, 0.15) is 34.7 Å². The fraction of sp³-hybridized carbons (Fsp3) is 0.346. The minimum atomic E-state index is -3.85. The molecule has 0 unspecified atom stereocenters. The fourth-order valence-electron chi connectivity index (χ4n) is 4.13. The molecule has 0 amide bonds. The second-order valence-corrected chi connectivity index (χ2v) is 11.1. The molecule has 1 aromatic carbocycles. The van der Waals surface area contributed by atoms with Crippen LogP contribution in [0, 0.1) is 13.8 Å². The van der Waals surface area contributed by atoms with Gasteiger partial charge in [-0.1, -0.05) is 12.1 Å². The van der Waals surface area contributed by atoms with Crippen LogP contribution >= 0.6 is 0 Å². The molecule has 12 heteroatoms. The van der Waals surface area contributed by atoms with Crippen LogP contribution in [0.15, 0.2) is 48.8 Å². The van der Waals surface area contributed by atoms with Crippen LogP contribution < -0.4 is 9.47 Å². The van der Waals surface area contributed by atoms with Crippen LogP contribution in [-0.4, -0.2) is 64.7 Å². The molecule has 4 aromatic rings. The van der Waals surface area contributed by atoms with Gasteiger partial charge in [-0.15, -0.1) is 10.2 Å². The molecule has 0 spiro atoms. The summed E-state index contributed by atoms with van der Waals surface area (Å²) in [6.07, 6.45) is 2.27. The van der Waals surface area contributed by atoms with E-state index >= 15 is 0 Å². The fourth-order valence-corrected chi connectivity index (χ4v) is 5.57. The topological polar surface area (TPSA) is 131 Å². The van der Waals surface area contributed by atoms with Crippen LogP contribution in [0.5, 0.6) is 11.5 Å². The minimum Gasteiger partial charge on any atom is -0.494 e. The average Bonchev–Trinajstić information content (AvgIpc) is 3.31. The zero-order chi connectivity index (χ0) is 27.4. The smallest absolute Gasteiger partial charge is 0.187 e. The van der Waals surface area contributed by atoms with Gasteiger partial charge in [-0.2, -0.15) is 0 Å². The Kier molecular flexibility index (Phi) is 8.02. The normalized spacial score (nSPS) is 13.2. The molecule has 200 valence electrons. The summed E-state index contributed by atoms with van der Waals surface area (Å²) < 4.78 is 45.9. The number of nitrogens with zero attached hydrogens (tertiary/aromatic N) is 6. The van der Waals surface area contributed by atoms with Crippen LogP contribution in [0.25, 0.3) is 17.2 Å². The summed E-state index contributed by atoms with van der Waals surface area (Å²) in [4.78, 5) is 13.1. The number of para-hydroxylation sites is 1. The minimum absolute atomic E-state index is 0.169. The van der Waals surface area contributed by atoms with Crippen molar-refractivity contribution in [3.63, 3.8) is 0 Å². The first kappa shape index (κ1) is 27.1. The van der Waals surface area contributed by atoms with Crippen molar-refractivity contribution in [2.75, 3.05) is 21.3 Å². The Morgan fingerprint density at radius 1 is 0.895 bits per heavy atom. The molecule has 0 aliphatic carbocycles. The number of hydrogen-bond acceptors (Lipinski definition) is 10. The quantitative estimate of drug-likeness (QED) is 0.296. The number of methoxy groups -OCH3 is 3. The molecule has 3 heterocycles. The molecule has 0 radical (unpaired) electrons. The summed E-state index contributed by atoms with van der Waals surface area (Å²) in [5, 5.41) is 7.69. The lowest BCUT2D eigenvalue weighted by Gasteiger charge is -2.22. The highest BCUT2D eigenvalue weighted by Crippen LogP contribution is 2.37. The highest BCUT2D eigenvalue weighted by atomic mass is 32.2. The molecule has 38 heavy (non-hydrogen) atoms. The molecule has 0 saturated heterocycles. The number of rotatable bonds is 10. The van der Waals surface area contributed by atoms with E-state index in [2.05, 4.69) is 25.1 Å². The lowest BCUT2D eigenvalue weighted by molar-refractivity contribution is 0.0983. The van der Waals surface area contributed by atoms with E-state index in [4.69, 9.17) is 14.2 Å². The molecule has 11 nitrogen and oxygen atoms in total. The third-order valence-corrected chi connectivity index (χ3v) is 8.18. The molecule has 0 aliphatic heterocycles. The Balaban J connectivity index is 1.84. The van der Waals surface area contributed by atoms with Crippen LogP contribution in [-0.2, 0) is 20.3 Å². The first-order valence-electron chi connectivity index (χ1n) is 11.8. The molecule has 2 atom stereocenters. The van der Waals surface area contributed by atoms with Gasteiger partial charge in [0.2, 0.25) is 0 Å². The van der Waals surface area contributed by atoms with Crippen molar-refractivity contribution in [3.05, 3.63) is 71.7 Å². The number of hydrogen-bond donors (Lipinski definition) is 0. The van der Waals surface area contributed by atoms with Gasteiger partial charge >= 0.3 is 0 Å². The van der Waals surface area contributed by atoms with Gasteiger partial charge in [0, 0.05) is 19.0 Å². The van der Waals surface area contributed by atoms with E-state index < -0.39 is 26.9 Å². The average molecular weight is 539 g/mol. The lowest BCUT2D eigenvalue weighted by atomic mass is 10.2. The molecular weight excluding hydrogens is 508 g/mol. The van der Waals surface area contributed by atoms with Crippen molar-refractivity contribution in [1.29, 1.82) is 0 Å². The summed E-state index contributed by atoms with van der Waals surface area (Å²) in [7, 11) is 0.649. The number of aryl methyl sites for hydroxylation is 2. The van der Waals surface area contributed by atoms with Gasteiger partial charge in [0.05, 0.1) is 37.1 Å². The zero-order valence-electron chi connectivity index (χ0n) is 22.1. The maximum Gasteiger partial charge on any atom is 0.187 e. The Morgan fingerprint density at radius 2 is 1.58 bits per heavy atom. The van der Waals surface area contributed by atoms with Gasteiger partial charge in [0.15, 0.2) is 21.5 Å². The largest absolute Gasteiger partial charge is 0.494 e. The van der Waals surface area contributed by atoms with E-state index in [0.29, 0.717) is 34.4 Å². The Labute approximate surface area is 221 Å². The SMILES string of the molecule is COc1cccc(OC)c1-n1c(CS(=O)(=O)[C@@H](C)[C@H](OC)c2cnc(C)cn2)nnc1-c1cccc(C)n1. The Hall–Kier alpha value is -3.90. The number of benzene rings is 1. The summed E-state index contributed by atoms with van der Waals surface area (Å²) in [5.74, 6) is 0.988. The van der Waals surface area contributed by atoms with E-state index in [1.807, 2.05) is 19.1 Å². The van der Waals surface area contributed by atoms with Gasteiger partial charge in [-0.25, -0.2) is 13.4 Å². The zero-order valence-corrected chi connectivity index (χ0v) is 22.9. The summed E-state index contributed by atoms with van der Waals surface area (Å²) >= 11 is 0. The monoisotopic (exact) mass is 538 g/mol. The molecule has 0 saturated carbocycles. The van der Waals surface area contributed by atoms with Crippen LogP contribution in [0.3, 0.4) is 0 Å². The molecule has 0 N–H and O–H groups in total. The number of sulfone groups is 1. The maximum absolute atomic E-state index is 13.7. The molecular formula is C26H30N6O5S. The van der Waals surface area contributed by atoms with Crippen LogP contribution in [0.2, 0.25) is 0 Å². The highest BCUT2D eigenvalue weighted by molar-refractivity contribution is 7.91. The van der Waals surface area contributed by atoms with Crippen LogP contribution in [0.4, 0.5) is 0 Å². The predicted molar refractivity (Wildman–Crippen MR) is 141 cm³/mol. The van der Waals surface area contributed by atoms with Gasteiger partial charge < -0.3 is 14.2 Å². The van der Waals surface area contributed by atoms with E-state index in [0.717, 1.165) is 11.4 Å². The summed E-state index contributed by atoms with van der Waals surface area (Å²) in [6.45, 7) is 5.25. The van der Waals surface area contributed by atoms with Gasteiger partial charge in [0.25, 0.3) is 0 Å². The van der Waals surface area contributed by atoms with Crippen molar-refractivity contribution in [3.8, 4) is 28.7 Å². The Morgan fingerprint density at radius 3 is 2.16 bits per heavy atom. The number of ether oxygens (including phenoxy) is 3. The molecule has 0 aliphatic rings. The van der Waals surface area contributed by atoms with Crippen molar-refractivity contribution in [2.24, 2.45) is 0 Å². The van der Waals surface area contributed by atoms with E-state index in [1.165, 1.54) is 27.5 Å². The number of pyridine rings is 1. The first-order chi connectivity index (χ1) is 18.2. The van der Waals surface area contributed by atoms with Crippen molar-refractivity contribution in [2.45, 2.75) is 37.9 Å². The summed E-state index contributed by atoms with van der Waals surface area (Å²) in [5.41, 5.74) is 2.90. The number of aromatic nitrogens is 6. The maximum atomic E-state index is 13.7. The molecule has 3 aromatic heterocycles. The van der Waals surface area contributed by atoms with Crippen molar-refractivity contribution in [1.82, 2.24) is 29.7 Å². The van der Waals surface area contributed by atoms with Crippen molar-refractivity contribution >= 4 is 9.84 Å². The molecule has 0 fully saturated rings. The first-order valence-corrected chi connectivity index (χ1v) is 13.5. The third-order valence-electron chi connectivity index (χ3n) is 6.14. The molecule has 4 rings (SSSR count). The van der Waals surface area contributed by atoms with E-state index in [9.17, 15) is 8.42 Å². The van der Waals surface area contributed by atoms with Crippen LogP contribution in [0.1, 0.15) is 35.9 Å². The standard InChI is InChI=1S/C26H30N6O5S/c1-16-9-7-10-19(29-16)26-31-30-23(32(26)24-21(35-4)11-8-12-22(24)36-5)15-38(33,34)18(3)25(37-6)20-14-27-17(2)13-28-20/h7-14,18,25H,15H2,1-6H3/t18-,25-/m0/s1. The Bertz CT molecular complexity index is 1500. The van der Waals surface area contributed by atoms with E-state index in [1.54, 1.807) is 48.9 Å². The van der Waals surface area contributed by atoms with Gasteiger partial charge in [-0.3, -0.25) is 14.5 Å². The van der Waals surface area contributed by atoms with Gasteiger partial charge in [-0.05, 0) is 45.0 Å². The third kappa shape index (κ3) is 5.36. The van der Waals surface area contributed by atoms with Crippen molar-refractivity contribution < 1.29 is 22.6 Å².